The van der Waals surface area contributed by atoms with Gasteiger partial charge in [-0.2, -0.15) is 0 Å². The zero-order valence-corrected chi connectivity index (χ0v) is 26.1. The van der Waals surface area contributed by atoms with Gasteiger partial charge in [0.15, 0.2) is 0 Å². The molecule has 1 aromatic rings. The summed E-state index contributed by atoms with van der Waals surface area (Å²) in [6.07, 6.45) is 9.86. The van der Waals surface area contributed by atoms with Crippen LogP contribution in [0.25, 0.3) is 0 Å². The molecule has 0 bridgehead atoms. The molecule has 0 radical (unpaired) electrons. The number of carbonyl (C=O) groups excluding carboxylic acids is 3. The van der Waals surface area contributed by atoms with E-state index in [1.165, 1.54) is 0 Å². The summed E-state index contributed by atoms with van der Waals surface area (Å²) in [6.45, 7) is 2.48. The summed E-state index contributed by atoms with van der Waals surface area (Å²) < 4.78 is 10.8. The van der Waals surface area contributed by atoms with Crippen molar-refractivity contribution < 1.29 is 44.0 Å². The summed E-state index contributed by atoms with van der Waals surface area (Å²) in [5, 5.41) is 33.4. The monoisotopic (exact) mass is 632 g/mol. The third kappa shape index (κ3) is 16.2. The van der Waals surface area contributed by atoms with Crippen LogP contribution in [0, 0.1) is 22.0 Å². The molecule has 1 aromatic carbocycles. The second kappa shape index (κ2) is 21.9. The van der Waals surface area contributed by atoms with Crippen molar-refractivity contribution in [3.05, 3.63) is 70.3 Å². The lowest BCUT2D eigenvalue weighted by Crippen LogP contribution is -2.22. The highest BCUT2D eigenvalue weighted by Gasteiger charge is 2.39. The minimum Gasteiger partial charge on any atom is -0.466 e. The van der Waals surface area contributed by atoms with Crippen LogP contribution in [0.2, 0.25) is 0 Å². The van der Waals surface area contributed by atoms with Gasteiger partial charge in [0.25, 0.3) is 5.09 Å². The summed E-state index contributed by atoms with van der Waals surface area (Å²) in [5.41, 5.74) is 1.07. The van der Waals surface area contributed by atoms with Crippen molar-refractivity contribution in [1.29, 1.82) is 0 Å². The zero-order chi connectivity index (χ0) is 32.9. The third-order valence-corrected chi connectivity index (χ3v) is 7.56. The number of nitrogens with one attached hydrogen (secondary N) is 1. The minimum atomic E-state index is -0.878. The molecule has 0 heterocycles. The van der Waals surface area contributed by atoms with E-state index < -0.39 is 35.3 Å². The lowest BCUT2D eigenvalue weighted by atomic mass is 9.89. The smallest absolute Gasteiger partial charge is 0.306 e. The van der Waals surface area contributed by atoms with Crippen molar-refractivity contribution in [3.63, 3.8) is 0 Å². The van der Waals surface area contributed by atoms with Crippen LogP contribution in [0.4, 0.5) is 0 Å². The maximum atomic E-state index is 12.7. The molecule has 1 saturated carbocycles. The highest BCUT2D eigenvalue weighted by atomic mass is 16.9. The van der Waals surface area contributed by atoms with Gasteiger partial charge < -0.3 is 29.8 Å². The number of unbranched alkanes of at least 4 members (excludes halogenated alkanes) is 2. The highest BCUT2D eigenvalue weighted by molar-refractivity contribution is 5.77. The summed E-state index contributed by atoms with van der Waals surface area (Å²) in [4.78, 5) is 50.6. The van der Waals surface area contributed by atoms with Crippen LogP contribution in [-0.2, 0) is 35.1 Å². The maximum absolute atomic E-state index is 12.7. The topological polar surface area (TPSA) is 175 Å². The Bertz CT molecular complexity index is 1090. The molecule has 12 nitrogen and oxygen atoms in total. The van der Waals surface area contributed by atoms with Crippen LogP contribution in [0.3, 0.4) is 0 Å². The number of nitrogens with zero attached hydrogens (tertiary/aromatic N) is 1. The molecule has 12 heteroatoms. The molecule has 2 rings (SSSR count). The average Bonchev–Trinajstić information content (AvgIpc) is 3.28. The van der Waals surface area contributed by atoms with E-state index in [4.69, 9.17) is 9.47 Å². The first-order chi connectivity index (χ1) is 21.7. The fourth-order valence-corrected chi connectivity index (χ4v) is 5.18. The van der Waals surface area contributed by atoms with Gasteiger partial charge in [-0.15, -0.1) is 10.1 Å². The molecule has 1 fully saturated rings. The molecular formula is C33H48N2O10. The number of ether oxygens (including phenoxy) is 2. The van der Waals surface area contributed by atoms with Gasteiger partial charge in [0.05, 0.1) is 38.3 Å². The third-order valence-electron chi connectivity index (χ3n) is 7.56. The van der Waals surface area contributed by atoms with Crippen LogP contribution < -0.4 is 5.32 Å². The van der Waals surface area contributed by atoms with E-state index in [1.54, 1.807) is 6.08 Å². The van der Waals surface area contributed by atoms with Crippen LogP contribution in [-0.4, -0.2) is 71.2 Å². The Morgan fingerprint density at radius 1 is 1.02 bits per heavy atom. The van der Waals surface area contributed by atoms with Gasteiger partial charge in [-0.05, 0) is 69.4 Å². The lowest BCUT2D eigenvalue weighted by molar-refractivity contribution is -0.757. The summed E-state index contributed by atoms with van der Waals surface area (Å²) in [7, 11) is 0. The Hall–Kier alpha value is -3.77. The van der Waals surface area contributed by atoms with Crippen molar-refractivity contribution in [2.24, 2.45) is 11.8 Å². The van der Waals surface area contributed by atoms with Gasteiger partial charge >= 0.3 is 11.9 Å². The number of amides is 1. The Labute approximate surface area is 264 Å². The van der Waals surface area contributed by atoms with E-state index in [2.05, 4.69) is 10.2 Å². The predicted molar refractivity (Wildman–Crippen MR) is 166 cm³/mol. The first kappa shape index (κ1) is 37.4. The predicted octanol–water partition coefficient (Wildman–Crippen LogP) is 4.01. The van der Waals surface area contributed by atoms with Crippen LogP contribution >= 0.6 is 0 Å². The normalized spacial score (nSPS) is 20.2. The lowest BCUT2D eigenvalue weighted by Gasteiger charge is -2.21. The number of hydrogen-bond donors (Lipinski definition) is 3. The Morgan fingerprint density at radius 3 is 2.49 bits per heavy atom. The number of carbonyl (C=O) groups is 3. The molecular weight excluding hydrogens is 584 g/mol. The summed E-state index contributed by atoms with van der Waals surface area (Å²) >= 11 is 0. The number of esters is 2. The van der Waals surface area contributed by atoms with Crippen molar-refractivity contribution in [2.45, 2.75) is 95.9 Å². The van der Waals surface area contributed by atoms with E-state index in [1.807, 2.05) is 55.5 Å². The zero-order valence-electron chi connectivity index (χ0n) is 26.1. The van der Waals surface area contributed by atoms with Gasteiger partial charge in [0, 0.05) is 25.3 Å². The number of aliphatic hydroxyl groups excluding tert-OH is 2. The van der Waals surface area contributed by atoms with E-state index in [9.17, 15) is 34.7 Å². The quantitative estimate of drug-likeness (QED) is 0.0557. The first-order valence-electron chi connectivity index (χ1n) is 15.8. The Morgan fingerprint density at radius 2 is 1.76 bits per heavy atom. The molecule has 0 aliphatic heterocycles. The van der Waals surface area contributed by atoms with Gasteiger partial charge in [-0.1, -0.05) is 48.6 Å². The van der Waals surface area contributed by atoms with Crippen molar-refractivity contribution in [2.75, 3.05) is 19.8 Å². The largest absolute Gasteiger partial charge is 0.466 e. The second-order valence-corrected chi connectivity index (χ2v) is 11.1. The molecule has 0 unspecified atom stereocenters. The maximum Gasteiger partial charge on any atom is 0.306 e. The molecule has 3 N–H and O–H groups in total. The van der Waals surface area contributed by atoms with Gasteiger partial charge in [-0.25, -0.2) is 0 Å². The Balaban J connectivity index is 1.91. The fraction of sp³-hybridized carbons (Fsp3) is 0.606. The molecule has 1 amide bonds. The van der Waals surface area contributed by atoms with E-state index in [-0.39, 0.29) is 50.2 Å². The van der Waals surface area contributed by atoms with E-state index >= 15 is 0 Å². The van der Waals surface area contributed by atoms with Crippen molar-refractivity contribution in [3.8, 4) is 0 Å². The molecule has 5 atom stereocenters. The van der Waals surface area contributed by atoms with Crippen LogP contribution in [0.15, 0.2) is 54.6 Å². The number of aliphatic hydroxyl groups is 2. The molecule has 250 valence electrons. The molecule has 1 aliphatic rings. The number of allylic oxidation sites excluding steroid dienone is 2. The summed E-state index contributed by atoms with van der Waals surface area (Å²) in [6, 6.07) is 9.75. The second-order valence-electron chi connectivity index (χ2n) is 11.1. The number of aryl methyl sites for hydroxylation is 1. The minimum absolute atomic E-state index is 0.0307. The number of hydrogen-bond acceptors (Lipinski definition) is 10. The summed E-state index contributed by atoms with van der Waals surface area (Å²) in [5.74, 6) is -1.64. The van der Waals surface area contributed by atoms with E-state index in [0.29, 0.717) is 45.1 Å². The fourth-order valence-electron chi connectivity index (χ4n) is 5.18. The standard InChI is InChI=1S/C33H48N2O10/c1-2-34-31(38)15-9-4-3-8-14-27-28(30(37)24-29(27)36)19-18-26(17-16-25-12-6-5-7-13-25)45-33(40)21-20-32(39)43-22-10-11-23-44-35(41)42/h3,5-8,12-13,18-19,26-30,36-37H,2,4,9-11,14-17,20-24H2,1H3,(H,34,38)/b8-3-,19-18+/t26-,27-,28-,29+,30-/m1/s1. The highest BCUT2D eigenvalue weighted by Crippen LogP contribution is 2.36. The van der Waals surface area contributed by atoms with Crippen LogP contribution in [0.5, 0.6) is 0 Å². The molecule has 1 aliphatic carbocycles. The van der Waals surface area contributed by atoms with Crippen molar-refractivity contribution in [1.82, 2.24) is 5.32 Å². The molecule has 45 heavy (non-hydrogen) atoms. The molecule has 0 spiro atoms. The van der Waals surface area contributed by atoms with Crippen molar-refractivity contribution >= 4 is 17.8 Å². The first-order valence-corrected chi connectivity index (χ1v) is 15.8. The van der Waals surface area contributed by atoms with E-state index in [0.717, 1.165) is 18.4 Å². The van der Waals surface area contributed by atoms with Crippen LogP contribution in [0.1, 0.15) is 76.7 Å². The van der Waals surface area contributed by atoms with Gasteiger partial charge in [-0.3, -0.25) is 14.4 Å². The number of rotatable bonds is 22. The number of benzene rings is 1. The molecule has 0 saturated heterocycles. The van der Waals surface area contributed by atoms with Gasteiger partial charge in [0.2, 0.25) is 5.91 Å². The van der Waals surface area contributed by atoms with Gasteiger partial charge in [0.1, 0.15) is 6.10 Å². The average molecular weight is 633 g/mol. The SMILES string of the molecule is CCNC(=O)CCC/C=C\C[C@@H]1[C@@H](/C=C/[C@@H](CCc2ccccc2)OC(=O)CCC(=O)OCCCCO[N+](=O)[O-])[C@H](O)C[C@@H]1O. The Kier molecular flexibility index (Phi) is 18.2. The molecule has 0 aromatic heterocycles.